The van der Waals surface area contributed by atoms with Gasteiger partial charge in [-0.3, -0.25) is 15.3 Å². The molecule has 13 heavy (non-hydrogen) atoms. The van der Waals surface area contributed by atoms with E-state index in [2.05, 4.69) is 9.78 Å². The van der Waals surface area contributed by atoms with E-state index < -0.39 is 11.2 Å². The number of rotatable bonds is 5. The number of hydrogen-bond acceptors (Lipinski definition) is 5. The summed E-state index contributed by atoms with van der Waals surface area (Å²) in [5.74, 6) is -0.353. The van der Waals surface area contributed by atoms with E-state index in [0.717, 1.165) is 0 Å². The largest absolute Gasteiger partial charge is 0.296 e. The maximum absolute atomic E-state index is 11.4. The molecule has 0 bridgehead atoms. The van der Waals surface area contributed by atoms with E-state index in [9.17, 15) is 4.79 Å². The summed E-state index contributed by atoms with van der Waals surface area (Å²) < 4.78 is 0. The zero-order chi connectivity index (χ0) is 10.7. The molecule has 78 valence electrons. The second-order valence-electron chi connectivity index (χ2n) is 4.05. The molecular formula is C8H16O5. The molecule has 0 aromatic carbocycles. The van der Waals surface area contributed by atoms with Crippen LogP contribution in [0.5, 0.6) is 0 Å². The molecular weight excluding hydrogens is 176 g/mol. The second-order valence-corrected chi connectivity index (χ2v) is 4.05. The average molecular weight is 192 g/mol. The fourth-order valence-corrected chi connectivity index (χ4v) is 0.683. The van der Waals surface area contributed by atoms with Crippen LogP contribution in [0.25, 0.3) is 0 Å². The van der Waals surface area contributed by atoms with Crippen molar-refractivity contribution in [2.24, 2.45) is 0 Å². The molecule has 0 aliphatic carbocycles. The first-order valence-electron chi connectivity index (χ1n) is 3.93. The lowest BCUT2D eigenvalue weighted by Crippen LogP contribution is -2.39. The summed E-state index contributed by atoms with van der Waals surface area (Å²) in [5.41, 5.74) is -2.23. The van der Waals surface area contributed by atoms with Gasteiger partial charge in [-0.05, 0) is 27.7 Å². The van der Waals surface area contributed by atoms with Gasteiger partial charge in [-0.15, -0.1) is 0 Å². The van der Waals surface area contributed by atoms with Crippen LogP contribution in [0.15, 0.2) is 0 Å². The molecule has 0 atom stereocenters. The first-order valence-corrected chi connectivity index (χ1v) is 3.93. The van der Waals surface area contributed by atoms with Crippen molar-refractivity contribution in [1.82, 2.24) is 0 Å². The lowest BCUT2D eigenvalue weighted by atomic mass is 9.93. The van der Waals surface area contributed by atoms with E-state index in [1.54, 1.807) is 13.8 Å². The molecule has 0 saturated heterocycles. The highest BCUT2D eigenvalue weighted by Gasteiger charge is 2.34. The van der Waals surface area contributed by atoms with Crippen molar-refractivity contribution in [2.45, 2.75) is 45.3 Å². The smallest absolute Gasteiger partial charge is 0.170 e. The van der Waals surface area contributed by atoms with Gasteiger partial charge in [0.1, 0.15) is 5.60 Å². The van der Waals surface area contributed by atoms with Crippen LogP contribution in [0.1, 0.15) is 34.1 Å². The predicted molar refractivity (Wildman–Crippen MR) is 45.2 cm³/mol. The standard InChI is InChI=1S/C8H16O5/c1-7(2,12-10)5-6(9)8(3,4)13-11/h10-11H,5H2,1-4H3. The first-order chi connectivity index (χ1) is 5.75. The van der Waals surface area contributed by atoms with Gasteiger partial charge in [0, 0.05) is 6.42 Å². The molecule has 0 fully saturated rings. The monoisotopic (exact) mass is 192 g/mol. The number of Topliss-reactive ketones (excluding diaryl/α,β-unsaturated/α-hetero) is 1. The highest BCUT2D eigenvalue weighted by molar-refractivity contribution is 5.87. The van der Waals surface area contributed by atoms with E-state index in [1.165, 1.54) is 13.8 Å². The summed E-state index contributed by atoms with van der Waals surface area (Å²) in [4.78, 5) is 19.5. The predicted octanol–water partition coefficient (Wildman–Crippen LogP) is 1.48. The van der Waals surface area contributed by atoms with Gasteiger partial charge in [-0.2, -0.15) is 0 Å². The minimum atomic E-state index is -1.27. The molecule has 0 rings (SSSR count). The Balaban J connectivity index is 4.31. The molecule has 0 aromatic heterocycles. The van der Waals surface area contributed by atoms with Crippen molar-refractivity contribution >= 4 is 5.78 Å². The van der Waals surface area contributed by atoms with Crippen molar-refractivity contribution < 1.29 is 25.1 Å². The molecule has 0 unspecified atom stereocenters. The van der Waals surface area contributed by atoms with Gasteiger partial charge in [0.25, 0.3) is 0 Å². The SMILES string of the molecule is CC(C)(CC(=O)C(C)(C)OO)OO. The molecule has 0 aromatic rings. The third-order valence-electron chi connectivity index (χ3n) is 1.73. The van der Waals surface area contributed by atoms with E-state index in [-0.39, 0.29) is 12.2 Å². The van der Waals surface area contributed by atoms with Crippen LogP contribution in [0, 0.1) is 0 Å². The molecule has 0 spiro atoms. The summed E-state index contributed by atoms with van der Waals surface area (Å²) in [5, 5.41) is 16.8. The highest BCUT2D eigenvalue weighted by atomic mass is 17.1. The van der Waals surface area contributed by atoms with Crippen LogP contribution in [-0.4, -0.2) is 27.5 Å². The summed E-state index contributed by atoms with van der Waals surface area (Å²) in [7, 11) is 0. The zero-order valence-corrected chi connectivity index (χ0v) is 8.33. The second kappa shape index (κ2) is 4.15. The van der Waals surface area contributed by atoms with Crippen LogP contribution >= 0.6 is 0 Å². The molecule has 0 saturated carbocycles. The van der Waals surface area contributed by atoms with E-state index in [1.807, 2.05) is 0 Å². The van der Waals surface area contributed by atoms with Gasteiger partial charge < -0.3 is 0 Å². The number of carbonyl (C=O) groups excluding carboxylic acids is 1. The Morgan fingerprint density at radius 3 is 1.92 bits per heavy atom. The Labute approximate surface area is 77.1 Å². The molecule has 0 aliphatic heterocycles. The minimum absolute atomic E-state index is 0.0446. The Morgan fingerprint density at radius 2 is 1.62 bits per heavy atom. The van der Waals surface area contributed by atoms with Gasteiger partial charge in [0.15, 0.2) is 11.4 Å². The fourth-order valence-electron chi connectivity index (χ4n) is 0.683. The van der Waals surface area contributed by atoms with Crippen molar-refractivity contribution in [3.8, 4) is 0 Å². The average Bonchev–Trinajstić information content (AvgIpc) is 2.04. The van der Waals surface area contributed by atoms with E-state index in [4.69, 9.17) is 10.5 Å². The molecule has 0 heterocycles. The van der Waals surface area contributed by atoms with Crippen LogP contribution in [-0.2, 0) is 14.6 Å². The van der Waals surface area contributed by atoms with Crippen molar-refractivity contribution in [1.29, 1.82) is 0 Å². The van der Waals surface area contributed by atoms with Crippen LogP contribution in [0.4, 0.5) is 0 Å². The highest BCUT2D eigenvalue weighted by Crippen LogP contribution is 2.20. The van der Waals surface area contributed by atoms with Crippen LogP contribution < -0.4 is 0 Å². The van der Waals surface area contributed by atoms with Crippen molar-refractivity contribution in [3.05, 3.63) is 0 Å². The third kappa shape index (κ3) is 3.82. The lowest BCUT2D eigenvalue weighted by molar-refractivity contribution is -0.319. The summed E-state index contributed by atoms with van der Waals surface area (Å²) in [6.07, 6.45) is -0.0446. The van der Waals surface area contributed by atoms with Gasteiger partial charge in [-0.1, -0.05) is 0 Å². The normalized spacial score (nSPS) is 13.1. The molecule has 0 radical (unpaired) electrons. The third-order valence-corrected chi connectivity index (χ3v) is 1.73. The zero-order valence-electron chi connectivity index (χ0n) is 8.33. The van der Waals surface area contributed by atoms with E-state index in [0.29, 0.717) is 0 Å². The van der Waals surface area contributed by atoms with Gasteiger partial charge in [-0.25, -0.2) is 9.78 Å². The molecule has 0 amide bonds. The molecule has 2 N–H and O–H groups in total. The fraction of sp³-hybridized carbons (Fsp3) is 0.875. The van der Waals surface area contributed by atoms with Crippen LogP contribution in [0.2, 0.25) is 0 Å². The summed E-state index contributed by atoms with van der Waals surface area (Å²) in [6.45, 7) is 5.97. The quantitative estimate of drug-likeness (QED) is 0.509. The number of carbonyl (C=O) groups is 1. The molecule has 0 aliphatic rings. The topological polar surface area (TPSA) is 76.0 Å². The Morgan fingerprint density at radius 1 is 1.15 bits per heavy atom. The maximum atomic E-state index is 11.4. The maximum Gasteiger partial charge on any atom is 0.170 e. The minimum Gasteiger partial charge on any atom is -0.296 e. The number of hydrogen-bond donors (Lipinski definition) is 2. The van der Waals surface area contributed by atoms with Crippen molar-refractivity contribution in [3.63, 3.8) is 0 Å². The lowest BCUT2D eigenvalue weighted by Gasteiger charge is -2.25. The Bertz CT molecular complexity index is 185. The van der Waals surface area contributed by atoms with Gasteiger partial charge in [0.2, 0.25) is 0 Å². The molecule has 5 heteroatoms. The number of ketones is 1. The Hall–Kier alpha value is -0.490. The van der Waals surface area contributed by atoms with Crippen molar-refractivity contribution in [2.75, 3.05) is 0 Å². The first kappa shape index (κ1) is 12.5. The molecule has 5 nitrogen and oxygen atoms in total. The van der Waals surface area contributed by atoms with Gasteiger partial charge in [0.05, 0.1) is 0 Å². The summed E-state index contributed by atoms with van der Waals surface area (Å²) >= 11 is 0. The summed E-state index contributed by atoms with van der Waals surface area (Å²) in [6, 6.07) is 0. The van der Waals surface area contributed by atoms with Gasteiger partial charge >= 0.3 is 0 Å². The van der Waals surface area contributed by atoms with E-state index >= 15 is 0 Å². The Kier molecular flexibility index (Phi) is 3.99. The van der Waals surface area contributed by atoms with Crippen LogP contribution in [0.3, 0.4) is 0 Å².